The molecule has 3 rings (SSSR count). The highest BCUT2D eigenvalue weighted by atomic mass is 35.5. The van der Waals surface area contributed by atoms with Crippen molar-refractivity contribution in [2.24, 2.45) is 0 Å². The fourth-order valence-corrected chi connectivity index (χ4v) is 5.13. The van der Waals surface area contributed by atoms with Crippen LogP contribution in [0.15, 0.2) is 47.4 Å². The monoisotopic (exact) mass is 426 g/mol. The molecule has 2 aromatic rings. The Morgan fingerprint density at radius 2 is 1.82 bits per heavy atom. The quantitative estimate of drug-likeness (QED) is 0.769. The second-order valence-electron chi connectivity index (χ2n) is 6.45. The average Bonchev–Trinajstić information content (AvgIpc) is 2.73. The molecule has 0 saturated carbocycles. The molecule has 1 N–H and O–H groups in total. The van der Waals surface area contributed by atoms with Crippen LogP contribution in [0.3, 0.4) is 0 Å². The van der Waals surface area contributed by atoms with Gasteiger partial charge in [-0.05, 0) is 29.7 Å². The second kappa shape index (κ2) is 9.60. The van der Waals surface area contributed by atoms with Gasteiger partial charge in [0.1, 0.15) is 16.4 Å². The molecule has 1 heterocycles. The number of methoxy groups -OCH3 is 2. The predicted octanol–water partition coefficient (Wildman–Crippen LogP) is 3.02. The van der Waals surface area contributed by atoms with Crippen LogP contribution in [0.5, 0.6) is 11.5 Å². The number of hydrogen-bond acceptors (Lipinski definition) is 5. The number of sulfonamides is 1. The lowest BCUT2D eigenvalue weighted by molar-refractivity contribution is 0.270. The average molecular weight is 427 g/mol. The van der Waals surface area contributed by atoms with Gasteiger partial charge >= 0.3 is 0 Å². The molecular formula is C20H27ClN2O4S. The first-order valence-electron chi connectivity index (χ1n) is 9.04. The Hall–Kier alpha value is -1.80. The van der Waals surface area contributed by atoms with Crippen molar-refractivity contribution in [2.45, 2.75) is 24.3 Å². The summed E-state index contributed by atoms with van der Waals surface area (Å²) in [4.78, 5) is 0.126. The summed E-state index contributed by atoms with van der Waals surface area (Å²) < 4.78 is 39.1. The van der Waals surface area contributed by atoms with E-state index in [1.807, 2.05) is 12.1 Å². The van der Waals surface area contributed by atoms with Crippen LogP contribution in [0.2, 0.25) is 0 Å². The molecule has 0 radical (unpaired) electrons. The predicted molar refractivity (Wildman–Crippen MR) is 112 cm³/mol. The van der Waals surface area contributed by atoms with E-state index in [0.717, 1.165) is 12.0 Å². The Morgan fingerprint density at radius 3 is 2.43 bits per heavy atom. The Kier molecular flexibility index (Phi) is 7.71. The minimum atomic E-state index is -3.76. The molecule has 6 nitrogen and oxygen atoms in total. The number of rotatable bonds is 6. The van der Waals surface area contributed by atoms with Crippen LogP contribution in [0.25, 0.3) is 0 Å². The summed E-state index contributed by atoms with van der Waals surface area (Å²) >= 11 is 0. The summed E-state index contributed by atoms with van der Waals surface area (Å²) in [6.45, 7) is 3.66. The number of nitrogens with one attached hydrogen (secondary N) is 1. The number of benzene rings is 2. The minimum absolute atomic E-state index is 0. The summed E-state index contributed by atoms with van der Waals surface area (Å²) in [5.41, 5.74) is 2.20. The molecule has 0 amide bonds. The van der Waals surface area contributed by atoms with Gasteiger partial charge < -0.3 is 14.8 Å². The summed E-state index contributed by atoms with van der Waals surface area (Å²) in [6.07, 6.45) is 0.951. The van der Waals surface area contributed by atoms with Gasteiger partial charge in [0.15, 0.2) is 0 Å². The van der Waals surface area contributed by atoms with Gasteiger partial charge in [-0.2, -0.15) is 4.31 Å². The maximum Gasteiger partial charge on any atom is 0.247 e. The van der Waals surface area contributed by atoms with Crippen molar-refractivity contribution in [1.82, 2.24) is 9.62 Å². The maximum absolute atomic E-state index is 13.5. The molecule has 28 heavy (non-hydrogen) atoms. The zero-order chi connectivity index (χ0) is 19.4. The zero-order valence-electron chi connectivity index (χ0n) is 16.3. The van der Waals surface area contributed by atoms with Crippen molar-refractivity contribution >= 4 is 22.4 Å². The Bertz CT molecular complexity index is 888. The van der Waals surface area contributed by atoms with Crippen LogP contribution in [0.4, 0.5) is 0 Å². The third kappa shape index (κ3) is 4.43. The van der Waals surface area contributed by atoms with E-state index in [2.05, 4.69) is 24.4 Å². The van der Waals surface area contributed by atoms with Crippen LogP contribution in [0.1, 0.15) is 24.1 Å². The number of nitrogens with zero attached hydrogens (tertiary/aromatic N) is 1. The highest BCUT2D eigenvalue weighted by Gasteiger charge is 2.36. The first kappa shape index (κ1) is 22.5. The van der Waals surface area contributed by atoms with E-state index >= 15 is 0 Å². The first-order valence-corrected chi connectivity index (χ1v) is 10.5. The molecule has 1 unspecified atom stereocenters. The lowest BCUT2D eigenvalue weighted by atomic mass is 10.0. The normalized spacial score (nSPS) is 17.6. The molecule has 154 valence electrons. The fraction of sp³-hybridized carbons (Fsp3) is 0.400. The highest BCUT2D eigenvalue weighted by molar-refractivity contribution is 7.89. The third-order valence-corrected chi connectivity index (χ3v) is 6.85. The molecule has 1 aliphatic rings. The van der Waals surface area contributed by atoms with Gasteiger partial charge in [-0.1, -0.05) is 31.2 Å². The van der Waals surface area contributed by atoms with Crippen LogP contribution in [0, 0.1) is 0 Å². The fourth-order valence-electron chi connectivity index (χ4n) is 3.34. The van der Waals surface area contributed by atoms with E-state index in [9.17, 15) is 8.42 Å². The van der Waals surface area contributed by atoms with Crippen LogP contribution < -0.4 is 14.8 Å². The van der Waals surface area contributed by atoms with Crippen molar-refractivity contribution in [2.75, 3.05) is 33.9 Å². The Balaban J connectivity index is 0.00000280. The van der Waals surface area contributed by atoms with E-state index in [4.69, 9.17) is 9.47 Å². The first-order chi connectivity index (χ1) is 13.0. The number of aryl methyl sites for hydroxylation is 1. The van der Waals surface area contributed by atoms with Crippen LogP contribution >= 0.6 is 12.4 Å². The smallest absolute Gasteiger partial charge is 0.247 e. The van der Waals surface area contributed by atoms with Gasteiger partial charge in [0.25, 0.3) is 0 Å². The van der Waals surface area contributed by atoms with E-state index in [1.54, 1.807) is 16.4 Å². The van der Waals surface area contributed by atoms with Crippen molar-refractivity contribution in [3.8, 4) is 11.5 Å². The van der Waals surface area contributed by atoms with Gasteiger partial charge in [-0.25, -0.2) is 8.42 Å². The van der Waals surface area contributed by atoms with Crippen molar-refractivity contribution in [3.63, 3.8) is 0 Å². The minimum Gasteiger partial charge on any atom is -0.497 e. The molecule has 0 bridgehead atoms. The largest absolute Gasteiger partial charge is 0.497 e. The summed E-state index contributed by atoms with van der Waals surface area (Å²) in [5, 5.41) is 3.30. The van der Waals surface area contributed by atoms with Crippen molar-refractivity contribution < 1.29 is 17.9 Å². The number of hydrogen-bond donors (Lipinski definition) is 1. The zero-order valence-corrected chi connectivity index (χ0v) is 18.0. The van der Waals surface area contributed by atoms with Gasteiger partial charge in [0, 0.05) is 25.7 Å². The lowest BCUT2D eigenvalue weighted by Gasteiger charge is -2.35. The molecule has 1 aliphatic heterocycles. The second-order valence-corrected chi connectivity index (χ2v) is 8.31. The topological polar surface area (TPSA) is 67.9 Å². The molecule has 2 aromatic carbocycles. The molecule has 1 atom stereocenters. The number of piperazine rings is 1. The van der Waals surface area contributed by atoms with E-state index in [0.29, 0.717) is 31.1 Å². The molecule has 0 aromatic heterocycles. The van der Waals surface area contributed by atoms with Crippen molar-refractivity contribution in [3.05, 3.63) is 53.6 Å². The van der Waals surface area contributed by atoms with Gasteiger partial charge in [0.2, 0.25) is 10.0 Å². The number of halogens is 1. The van der Waals surface area contributed by atoms with E-state index in [1.165, 1.54) is 25.8 Å². The SMILES string of the molecule is CCc1ccc(C2CNCCN2S(=O)(=O)c2cc(OC)ccc2OC)cc1.Cl. The molecule has 1 saturated heterocycles. The molecule has 0 aliphatic carbocycles. The third-order valence-electron chi connectivity index (χ3n) is 4.92. The Morgan fingerprint density at radius 1 is 1.11 bits per heavy atom. The standard InChI is InChI=1S/C20H26N2O4S.ClH/c1-4-15-5-7-16(8-6-15)18-14-21-11-12-22(18)27(23,24)20-13-17(25-2)9-10-19(20)26-3;/h5-10,13,18,21H,4,11-12,14H2,1-3H3;1H. The maximum atomic E-state index is 13.5. The van der Waals surface area contributed by atoms with Gasteiger partial charge in [-0.15, -0.1) is 12.4 Å². The summed E-state index contributed by atoms with van der Waals surface area (Å²) in [5.74, 6) is 0.794. The van der Waals surface area contributed by atoms with Crippen molar-refractivity contribution in [1.29, 1.82) is 0 Å². The van der Waals surface area contributed by atoms with E-state index < -0.39 is 10.0 Å². The number of ether oxygens (including phenoxy) is 2. The van der Waals surface area contributed by atoms with E-state index in [-0.39, 0.29) is 23.3 Å². The Labute approximate surface area is 173 Å². The van der Waals surface area contributed by atoms with Crippen LogP contribution in [-0.2, 0) is 16.4 Å². The van der Waals surface area contributed by atoms with Crippen LogP contribution in [-0.4, -0.2) is 46.6 Å². The summed E-state index contributed by atoms with van der Waals surface area (Å²) in [7, 11) is -0.775. The molecular weight excluding hydrogens is 400 g/mol. The molecule has 0 spiro atoms. The highest BCUT2D eigenvalue weighted by Crippen LogP contribution is 2.35. The van der Waals surface area contributed by atoms with Gasteiger partial charge in [0.05, 0.1) is 20.3 Å². The lowest BCUT2D eigenvalue weighted by Crippen LogP contribution is -2.48. The molecule has 8 heteroatoms. The summed E-state index contributed by atoms with van der Waals surface area (Å²) in [6, 6.07) is 12.7. The molecule has 1 fully saturated rings. The van der Waals surface area contributed by atoms with Gasteiger partial charge in [-0.3, -0.25) is 0 Å².